The molecule has 5 nitrogen and oxygen atoms in total. The topological polar surface area (TPSA) is 45.4 Å². The normalized spacial score (nSPS) is 29.7. The van der Waals surface area contributed by atoms with Crippen molar-refractivity contribution in [3.63, 3.8) is 0 Å². The summed E-state index contributed by atoms with van der Waals surface area (Å²) in [5, 5.41) is 4.44. The summed E-state index contributed by atoms with van der Waals surface area (Å²) in [6, 6.07) is 12.0. The van der Waals surface area contributed by atoms with E-state index in [0.717, 1.165) is 37.8 Å². The quantitative estimate of drug-likeness (QED) is 0.814. The molecule has 27 heavy (non-hydrogen) atoms. The van der Waals surface area contributed by atoms with Gasteiger partial charge in [0.15, 0.2) is 5.82 Å². The maximum atomic E-state index is 5.69. The Bertz CT molecular complexity index is 738. The van der Waals surface area contributed by atoms with Crippen LogP contribution in [-0.4, -0.2) is 45.6 Å². The van der Waals surface area contributed by atoms with E-state index in [1.165, 1.54) is 50.6 Å². The van der Waals surface area contributed by atoms with Gasteiger partial charge in [0.25, 0.3) is 0 Å². The fourth-order valence-electron chi connectivity index (χ4n) is 5.42. The molecule has 5 rings (SSSR count). The molecule has 0 N–H and O–H groups in total. The molecule has 5 heteroatoms. The van der Waals surface area contributed by atoms with Crippen LogP contribution in [0.1, 0.15) is 74.2 Å². The highest BCUT2D eigenvalue weighted by molar-refractivity contribution is 5.24. The Labute approximate surface area is 161 Å². The molecule has 0 radical (unpaired) electrons. The summed E-state index contributed by atoms with van der Waals surface area (Å²) in [6.07, 6.45) is 8.93. The third-order valence-electron chi connectivity index (χ3n) is 6.74. The van der Waals surface area contributed by atoms with E-state index in [-0.39, 0.29) is 0 Å². The van der Waals surface area contributed by atoms with Gasteiger partial charge in [0.2, 0.25) is 5.89 Å². The zero-order valence-electron chi connectivity index (χ0n) is 16.1. The second kappa shape index (κ2) is 7.72. The van der Waals surface area contributed by atoms with Gasteiger partial charge < -0.3 is 4.52 Å². The zero-order valence-corrected chi connectivity index (χ0v) is 16.1. The Balaban J connectivity index is 1.32. The van der Waals surface area contributed by atoms with Crippen LogP contribution < -0.4 is 0 Å². The smallest absolute Gasteiger partial charge is 0.240 e. The first kappa shape index (κ1) is 17.4. The molecule has 3 saturated heterocycles. The molecule has 3 fully saturated rings. The first-order valence-electron chi connectivity index (χ1n) is 10.7. The molecule has 3 aliphatic heterocycles. The highest BCUT2D eigenvalue weighted by Gasteiger charge is 2.46. The summed E-state index contributed by atoms with van der Waals surface area (Å²) >= 11 is 0. The fraction of sp³-hybridized carbons (Fsp3) is 0.636. The van der Waals surface area contributed by atoms with Gasteiger partial charge in [-0.3, -0.25) is 9.80 Å². The molecule has 0 saturated carbocycles. The first-order chi connectivity index (χ1) is 13.4. The van der Waals surface area contributed by atoms with E-state index in [1.54, 1.807) is 0 Å². The minimum absolute atomic E-state index is 0.402. The van der Waals surface area contributed by atoms with Crippen LogP contribution in [0.5, 0.6) is 0 Å². The summed E-state index contributed by atoms with van der Waals surface area (Å²) in [4.78, 5) is 10.0. The molecule has 0 unspecified atom stereocenters. The van der Waals surface area contributed by atoms with Gasteiger partial charge >= 0.3 is 0 Å². The second-order valence-electron chi connectivity index (χ2n) is 8.45. The third-order valence-corrected chi connectivity index (χ3v) is 6.74. The van der Waals surface area contributed by atoms with Crippen LogP contribution in [0.25, 0.3) is 0 Å². The maximum absolute atomic E-state index is 5.69. The molecule has 3 atom stereocenters. The van der Waals surface area contributed by atoms with Crippen molar-refractivity contribution in [2.45, 2.75) is 69.5 Å². The minimum atomic E-state index is 0.402. The molecule has 0 aliphatic carbocycles. The molecule has 0 spiro atoms. The molecule has 3 aliphatic rings. The van der Waals surface area contributed by atoms with Crippen molar-refractivity contribution in [3.05, 3.63) is 47.6 Å². The van der Waals surface area contributed by atoms with Crippen molar-refractivity contribution in [3.8, 4) is 0 Å². The number of fused-ring (bicyclic) bond motifs is 1. The zero-order chi connectivity index (χ0) is 18.1. The van der Waals surface area contributed by atoms with Crippen LogP contribution >= 0.6 is 0 Å². The lowest BCUT2D eigenvalue weighted by Crippen LogP contribution is -2.27. The lowest BCUT2D eigenvalue weighted by Gasteiger charge is -2.24. The van der Waals surface area contributed by atoms with Crippen molar-refractivity contribution in [2.24, 2.45) is 0 Å². The Morgan fingerprint density at radius 3 is 2.59 bits per heavy atom. The van der Waals surface area contributed by atoms with Crippen molar-refractivity contribution in [1.29, 1.82) is 0 Å². The van der Waals surface area contributed by atoms with Gasteiger partial charge in [0, 0.05) is 18.0 Å². The number of nitrogens with zero attached hydrogens (tertiary/aromatic N) is 4. The average molecular weight is 367 g/mol. The predicted octanol–water partition coefficient (Wildman–Crippen LogP) is 4.14. The van der Waals surface area contributed by atoms with Crippen LogP contribution in [0.15, 0.2) is 34.9 Å². The van der Waals surface area contributed by atoms with Gasteiger partial charge in [-0.15, -0.1) is 0 Å². The maximum Gasteiger partial charge on any atom is 0.240 e. The summed E-state index contributed by atoms with van der Waals surface area (Å²) in [7, 11) is 0. The van der Waals surface area contributed by atoms with E-state index < -0.39 is 0 Å². The Kier molecular flexibility index (Phi) is 4.97. The molecule has 4 heterocycles. The van der Waals surface area contributed by atoms with E-state index >= 15 is 0 Å². The van der Waals surface area contributed by atoms with Crippen LogP contribution in [0.2, 0.25) is 0 Å². The molecule has 2 aromatic rings. The SMILES string of the molecule is c1ccc([C@H]2C[C@@H](c3noc(CN4CCCCCC4)n3)[C@@H]3CCCN23)cc1. The fourth-order valence-corrected chi connectivity index (χ4v) is 5.42. The van der Waals surface area contributed by atoms with Gasteiger partial charge in [-0.2, -0.15) is 4.98 Å². The predicted molar refractivity (Wildman–Crippen MR) is 104 cm³/mol. The van der Waals surface area contributed by atoms with Crippen LogP contribution in [0.3, 0.4) is 0 Å². The van der Waals surface area contributed by atoms with Crippen LogP contribution in [0.4, 0.5) is 0 Å². The first-order valence-corrected chi connectivity index (χ1v) is 10.7. The number of rotatable bonds is 4. The Morgan fingerprint density at radius 1 is 0.963 bits per heavy atom. The highest BCUT2D eigenvalue weighted by atomic mass is 16.5. The molecular formula is C22H30N4O. The number of likely N-dealkylation sites (tertiary alicyclic amines) is 1. The molecule has 144 valence electrons. The van der Waals surface area contributed by atoms with Crippen LogP contribution in [0, 0.1) is 0 Å². The summed E-state index contributed by atoms with van der Waals surface area (Å²) in [5.74, 6) is 2.15. The van der Waals surface area contributed by atoms with Crippen molar-refractivity contribution >= 4 is 0 Å². The van der Waals surface area contributed by atoms with Gasteiger partial charge in [-0.25, -0.2) is 0 Å². The minimum Gasteiger partial charge on any atom is -0.338 e. The monoisotopic (exact) mass is 366 g/mol. The van der Waals surface area contributed by atoms with Crippen molar-refractivity contribution in [2.75, 3.05) is 19.6 Å². The molecular weight excluding hydrogens is 336 g/mol. The van der Waals surface area contributed by atoms with E-state index in [2.05, 4.69) is 45.3 Å². The summed E-state index contributed by atoms with van der Waals surface area (Å²) in [5.41, 5.74) is 1.43. The van der Waals surface area contributed by atoms with Crippen molar-refractivity contribution < 1.29 is 4.52 Å². The average Bonchev–Trinajstić information content (AvgIpc) is 3.37. The van der Waals surface area contributed by atoms with Gasteiger partial charge in [-0.1, -0.05) is 48.3 Å². The van der Waals surface area contributed by atoms with Gasteiger partial charge in [-0.05, 0) is 57.3 Å². The molecule has 1 aromatic heterocycles. The Morgan fingerprint density at radius 2 is 1.78 bits per heavy atom. The van der Waals surface area contributed by atoms with E-state index in [9.17, 15) is 0 Å². The number of benzene rings is 1. The lowest BCUT2D eigenvalue weighted by molar-refractivity contribution is 0.232. The Hall–Kier alpha value is -1.72. The summed E-state index contributed by atoms with van der Waals surface area (Å²) in [6.45, 7) is 4.33. The molecule has 0 bridgehead atoms. The largest absolute Gasteiger partial charge is 0.338 e. The third kappa shape index (κ3) is 3.55. The molecule has 0 amide bonds. The lowest BCUT2D eigenvalue weighted by atomic mass is 9.94. The van der Waals surface area contributed by atoms with E-state index in [4.69, 9.17) is 9.51 Å². The van der Waals surface area contributed by atoms with Gasteiger partial charge in [0.05, 0.1) is 6.54 Å². The van der Waals surface area contributed by atoms with E-state index in [1.807, 2.05) is 0 Å². The van der Waals surface area contributed by atoms with Crippen molar-refractivity contribution in [1.82, 2.24) is 19.9 Å². The van der Waals surface area contributed by atoms with E-state index in [0.29, 0.717) is 18.0 Å². The number of hydrogen-bond acceptors (Lipinski definition) is 5. The number of aromatic nitrogens is 2. The van der Waals surface area contributed by atoms with Gasteiger partial charge in [0.1, 0.15) is 0 Å². The van der Waals surface area contributed by atoms with Crippen LogP contribution in [-0.2, 0) is 6.54 Å². The highest BCUT2D eigenvalue weighted by Crippen LogP contribution is 2.48. The number of hydrogen-bond donors (Lipinski definition) is 0. The second-order valence-corrected chi connectivity index (χ2v) is 8.45. The summed E-state index contributed by atoms with van der Waals surface area (Å²) < 4.78 is 5.69. The standard InChI is InChI=1S/C22H30N4O/c1-2-7-13-25(12-6-1)16-21-23-22(24-27-21)18-15-20(17-9-4-3-5-10-17)26-14-8-11-19(18)26/h3-5,9-10,18-20H,1-2,6-8,11-16H2/t18-,19+,20-/m1/s1. The molecule has 1 aromatic carbocycles.